The van der Waals surface area contributed by atoms with Crippen LogP contribution in [0.1, 0.15) is 25.0 Å². The number of benzene rings is 8. The standard InChI is InChI=1S/C53H37NOS/c1-53(2)47-31-38(22-29-45(47)52-51(53)46-15-9-10-16-48(46)55-52)39-21-28-43-44-30-27-42(33-50(44)56-49(43)32-39)54(40-23-17-36(18-24-40)34-11-5-3-6-12-34)41-25-19-37(20-26-41)35-13-7-4-8-14-35/h3-33H,1-2H3. The number of anilines is 3. The number of hydrogen-bond donors (Lipinski definition) is 0. The van der Waals surface area contributed by atoms with Crippen LogP contribution < -0.4 is 4.90 Å². The summed E-state index contributed by atoms with van der Waals surface area (Å²) in [4.78, 5) is 2.37. The van der Waals surface area contributed by atoms with Crippen molar-refractivity contribution in [2.45, 2.75) is 19.3 Å². The summed E-state index contributed by atoms with van der Waals surface area (Å²) in [6, 6.07) is 68.2. The second-order valence-electron chi connectivity index (χ2n) is 15.3. The first-order chi connectivity index (χ1) is 27.5. The molecule has 0 saturated heterocycles. The van der Waals surface area contributed by atoms with Crippen molar-refractivity contribution in [1.82, 2.24) is 0 Å². The minimum atomic E-state index is -0.152. The Bertz CT molecular complexity index is 3000. The fraction of sp³-hybridized carbons (Fsp3) is 0.0566. The Labute approximate surface area is 330 Å². The normalized spacial score (nSPS) is 13.0. The summed E-state index contributed by atoms with van der Waals surface area (Å²) in [5.74, 6) is 1.02. The molecule has 1 aliphatic carbocycles. The molecule has 0 unspecified atom stereocenters. The molecule has 0 atom stereocenters. The monoisotopic (exact) mass is 735 g/mol. The number of para-hydroxylation sites is 1. The number of hydrogen-bond acceptors (Lipinski definition) is 3. The number of nitrogens with zero attached hydrogens (tertiary/aromatic N) is 1. The molecule has 56 heavy (non-hydrogen) atoms. The van der Waals surface area contributed by atoms with Crippen LogP contribution in [0.25, 0.3) is 75.8 Å². The summed E-state index contributed by atoms with van der Waals surface area (Å²) >= 11 is 1.87. The van der Waals surface area contributed by atoms with Gasteiger partial charge in [0, 0.05) is 59.2 Å². The zero-order valence-corrected chi connectivity index (χ0v) is 32.0. The van der Waals surface area contributed by atoms with Gasteiger partial charge in [0.25, 0.3) is 0 Å². The lowest BCUT2D eigenvalue weighted by Crippen LogP contribution is -2.15. The maximum atomic E-state index is 6.44. The summed E-state index contributed by atoms with van der Waals surface area (Å²) < 4.78 is 9.00. The molecule has 0 N–H and O–H groups in total. The molecule has 2 aromatic heterocycles. The Morgan fingerprint density at radius 2 is 0.929 bits per heavy atom. The number of furan rings is 1. The first-order valence-corrected chi connectivity index (χ1v) is 20.1. The third-order valence-electron chi connectivity index (χ3n) is 11.7. The molecule has 0 fully saturated rings. The lowest BCUT2D eigenvalue weighted by Gasteiger charge is -2.26. The average molecular weight is 736 g/mol. The first kappa shape index (κ1) is 32.7. The van der Waals surface area contributed by atoms with Crippen molar-refractivity contribution < 1.29 is 4.42 Å². The van der Waals surface area contributed by atoms with E-state index >= 15 is 0 Å². The summed E-state index contributed by atoms with van der Waals surface area (Å²) in [5.41, 5.74) is 15.3. The van der Waals surface area contributed by atoms with E-state index in [-0.39, 0.29) is 5.41 Å². The molecule has 11 rings (SSSR count). The highest BCUT2D eigenvalue weighted by atomic mass is 32.1. The Morgan fingerprint density at radius 3 is 1.59 bits per heavy atom. The van der Waals surface area contributed by atoms with Crippen molar-refractivity contribution in [3.05, 3.63) is 199 Å². The Hall–Kier alpha value is -6.68. The summed E-state index contributed by atoms with van der Waals surface area (Å²) in [7, 11) is 0. The summed E-state index contributed by atoms with van der Waals surface area (Å²) in [6.07, 6.45) is 0. The fourth-order valence-corrected chi connectivity index (χ4v) is 10.0. The van der Waals surface area contributed by atoms with Crippen LogP contribution in [-0.2, 0) is 5.41 Å². The van der Waals surface area contributed by atoms with E-state index in [4.69, 9.17) is 4.42 Å². The van der Waals surface area contributed by atoms with E-state index < -0.39 is 0 Å². The third kappa shape index (κ3) is 5.23. The van der Waals surface area contributed by atoms with Crippen molar-refractivity contribution >= 4 is 59.5 Å². The van der Waals surface area contributed by atoms with Crippen molar-refractivity contribution in [2.24, 2.45) is 0 Å². The molecule has 0 bridgehead atoms. The molecule has 0 saturated carbocycles. The maximum absolute atomic E-state index is 6.44. The van der Waals surface area contributed by atoms with Crippen molar-refractivity contribution in [3.63, 3.8) is 0 Å². The minimum Gasteiger partial charge on any atom is -0.456 e. The topological polar surface area (TPSA) is 16.4 Å². The van der Waals surface area contributed by atoms with Crippen LogP contribution in [0.15, 0.2) is 192 Å². The van der Waals surface area contributed by atoms with Gasteiger partial charge in [0.2, 0.25) is 0 Å². The molecular formula is C53H37NOS. The van der Waals surface area contributed by atoms with Crippen LogP contribution in [0.5, 0.6) is 0 Å². The van der Waals surface area contributed by atoms with Gasteiger partial charge >= 0.3 is 0 Å². The van der Waals surface area contributed by atoms with Gasteiger partial charge in [0.15, 0.2) is 0 Å². The van der Waals surface area contributed by atoms with Gasteiger partial charge in [0.1, 0.15) is 11.3 Å². The first-order valence-electron chi connectivity index (χ1n) is 19.2. The smallest absolute Gasteiger partial charge is 0.139 e. The number of fused-ring (bicyclic) bond motifs is 8. The third-order valence-corrected chi connectivity index (χ3v) is 12.8. The van der Waals surface area contributed by atoms with Crippen molar-refractivity contribution in [3.8, 4) is 44.7 Å². The predicted octanol–water partition coefficient (Wildman–Crippen LogP) is 15.6. The van der Waals surface area contributed by atoms with E-state index in [1.807, 2.05) is 11.3 Å². The molecule has 1 aliphatic rings. The zero-order chi connectivity index (χ0) is 37.4. The van der Waals surface area contributed by atoms with Gasteiger partial charge in [-0.05, 0) is 93.5 Å². The fourth-order valence-electron chi connectivity index (χ4n) is 8.83. The quantitative estimate of drug-likeness (QED) is 0.169. The van der Waals surface area contributed by atoms with E-state index in [0.29, 0.717) is 0 Å². The second kappa shape index (κ2) is 12.7. The van der Waals surface area contributed by atoms with Gasteiger partial charge in [-0.25, -0.2) is 0 Å². The Kier molecular flexibility index (Phi) is 7.42. The molecule has 2 nitrogen and oxygen atoms in total. The van der Waals surface area contributed by atoms with Crippen LogP contribution in [0.3, 0.4) is 0 Å². The SMILES string of the molecule is CC1(C)c2cc(-c3ccc4c(c3)sc3cc(N(c5ccc(-c6ccccc6)cc5)c5ccc(-c6ccccc6)cc5)ccc34)ccc2-c2oc3ccccc3c21. The number of rotatable bonds is 6. The molecule has 0 aliphatic heterocycles. The minimum absolute atomic E-state index is 0.152. The molecule has 8 aromatic carbocycles. The van der Waals surface area contributed by atoms with Gasteiger partial charge < -0.3 is 9.32 Å². The molecule has 0 spiro atoms. The predicted molar refractivity (Wildman–Crippen MR) is 238 cm³/mol. The highest BCUT2D eigenvalue weighted by Crippen LogP contribution is 2.54. The van der Waals surface area contributed by atoms with Crippen LogP contribution in [0, 0.1) is 0 Å². The van der Waals surface area contributed by atoms with Crippen molar-refractivity contribution in [2.75, 3.05) is 4.90 Å². The van der Waals surface area contributed by atoms with E-state index in [2.05, 4.69) is 207 Å². The van der Waals surface area contributed by atoms with E-state index in [1.54, 1.807) is 0 Å². The molecular weight excluding hydrogens is 699 g/mol. The highest BCUT2D eigenvalue weighted by Gasteiger charge is 2.40. The van der Waals surface area contributed by atoms with Crippen LogP contribution in [-0.4, -0.2) is 0 Å². The van der Waals surface area contributed by atoms with Crippen LogP contribution >= 0.6 is 11.3 Å². The average Bonchev–Trinajstić information content (AvgIpc) is 3.89. The zero-order valence-electron chi connectivity index (χ0n) is 31.2. The van der Waals surface area contributed by atoms with Gasteiger partial charge in [-0.2, -0.15) is 0 Å². The van der Waals surface area contributed by atoms with Gasteiger partial charge in [-0.15, -0.1) is 11.3 Å². The summed E-state index contributed by atoms with van der Waals surface area (Å²) in [6.45, 7) is 4.66. The largest absolute Gasteiger partial charge is 0.456 e. The van der Waals surface area contributed by atoms with Crippen molar-refractivity contribution in [1.29, 1.82) is 0 Å². The molecule has 10 aromatic rings. The van der Waals surface area contributed by atoms with Gasteiger partial charge in [0.05, 0.1) is 0 Å². The molecule has 0 radical (unpaired) electrons. The lowest BCUT2D eigenvalue weighted by atomic mass is 9.80. The van der Waals surface area contributed by atoms with E-state index in [9.17, 15) is 0 Å². The molecule has 2 heterocycles. The Balaban J connectivity index is 0.975. The Morgan fingerprint density at radius 1 is 0.429 bits per heavy atom. The molecule has 3 heteroatoms. The molecule has 0 amide bonds. The van der Waals surface area contributed by atoms with Crippen LogP contribution in [0.2, 0.25) is 0 Å². The van der Waals surface area contributed by atoms with Gasteiger partial charge in [-0.1, -0.05) is 147 Å². The highest BCUT2D eigenvalue weighted by molar-refractivity contribution is 7.25. The van der Waals surface area contributed by atoms with E-state index in [0.717, 1.165) is 28.4 Å². The number of thiophene rings is 1. The second-order valence-corrected chi connectivity index (χ2v) is 16.4. The summed E-state index contributed by atoms with van der Waals surface area (Å²) in [5, 5.41) is 3.78. The van der Waals surface area contributed by atoms with Gasteiger partial charge in [-0.3, -0.25) is 0 Å². The molecule has 266 valence electrons. The van der Waals surface area contributed by atoms with Crippen LogP contribution in [0.4, 0.5) is 17.1 Å². The lowest BCUT2D eigenvalue weighted by molar-refractivity contribution is 0.619. The van der Waals surface area contributed by atoms with E-state index in [1.165, 1.54) is 75.6 Å². The maximum Gasteiger partial charge on any atom is 0.139 e.